The van der Waals surface area contributed by atoms with Crippen molar-refractivity contribution in [2.75, 3.05) is 38.6 Å². The summed E-state index contributed by atoms with van der Waals surface area (Å²) in [5.41, 5.74) is 0.942. The molecule has 1 fully saturated rings. The van der Waals surface area contributed by atoms with Crippen molar-refractivity contribution >= 4 is 23.5 Å². The average molecular weight is 392 g/mol. The van der Waals surface area contributed by atoms with Crippen molar-refractivity contribution in [3.63, 3.8) is 0 Å². The minimum absolute atomic E-state index is 0.158. The lowest BCUT2D eigenvalue weighted by Crippen LogP contribution is -2.35. The molecule has 1 aromatic heterocycles. The number of carbonyl (C=O) groups excluding carboxylic acids is 1. The van der Waals surface area contributed by atoms with Gasteiger partial charge in [-0.05, 0) is 44.6 Å². The molecule has 144 valence electrons. The van der Waals surface area contributed by atoms with Crippen LogP contribution in [0.5, 0.6) is 0 Å². The Morgan fingerprint density at radius 3 is 2.78 bits per heavy atom. The zero-order valence-corrected chi connectivity index (χ0v) is 16.2. The van der Waals surface area contributed by atoms with E-state index in [1.54, 1.807) is 6.07 Å². The van der Waals surface area contributed by atoms with Gasteiger partial charge in [-0.1, -0.05) is 23.7 Å². The summed E-state index contributed by atoms with van der Waals surface area (Å²) < 4.78 is 13.6. The Morgan fingerprint density at radius 2 is 2.11 bits per heavy atom. The molecule has 0 spiro atoms. The average Bonchev–Trinajstić information content (AvgIpc) is 3.16. The summed E-state index contributed by atoms with van der Waals surface area (Å²) in [5.74, 6) is -0.151. The number of carbonyl (C=O) groups is 1. The summed E-state index contributed by atoms with van der Waals surface area (Å²) in [4.78, 5) is 25.2. The van der Waals surface area contributed by atoms with Crippen molar-refractivity contribution in [1.82, 2.24) is 20.2 Å². The summed E-state index contributed by atoms with van der Waals surface area (Å²) >= 11 is 6.15. The molecule has 6 nitrogen and oxygen atoms in total. The Morgan fingerprint density at radius 1 is 1.37 bits per heavy atom. The standard InChI is InChI=1S/C19H23ClFN5O/c1-25(2)16(13-6-5-7-14(21)10-13)12-22-18(27)17-15(20)11-23-19(24-17)26-8-3-4-9-26/h5-7,10-11,16H,3-4,8-9,12H2,1-2H3,(H,22,27)/t16-/m0/s1. The van der Waals surface area contributed by atoms with Gasteiger partial charge in [0.1, 0.15) is 5.82 Å². The second-order valence-electron chi connectivity index (χ2n) is 6.81. The van der Waals surface area contributed by atoms with Gasteiger partial charge in [0, 0.05) is 19.6 Å². The number of benzene rings is 1. The molecule has 0 unspecified atom stereocenters. The number of halogens is 2. The van der Waals surface area contributed by atoms with Crippen molar-refractivity contribution in [2.24, 2.45) is 0 Å². The van der Waals surface area contributed by atoms with Gasteiger partial charge in [-0.3, -0.25) is 4.79 Å². The Labute approximate surface area is 163 Å². The van der Waals surface area contributed by atoms with Crippen LogP contribution in [0.3, 0.4) is 0 Å². The van der Waals surface area contributed by atoms with Crippen molar-refractivity contribution in [2.45, 2.75) is 18.9 Å². The molecule has 0 bridgehead atoms. The Balaban J connectivity index is 1.73. The lowest BCUT2D eigenvalue weighted by atomic mass is 10.1. The third kappa shape index (κ3) is 4.73. The molecular weight excluding hydrogens is 369 g/mol. The second kappa shape index (κ2) is 8.63. The zero-order valence-electron chi connectivity index (χ0n) is 15.5. The first-order valence-electron chi connectivity index (χ1n) is 8.93. The summed E-state index contributed by atoms with van der Waals surface area (Å²) in [6, 6.07) is 6.19. The van der Waals surface area contributed by atoms with E-state index >= 15 is 0 Å². The first-order chi connectivity index (χ1) is 13.0. The normalized spacial score (nSPS) is 15.2. The van der Waals surface area contributed by atoms with Crippen LogP contribution in [0.4, 0.5) is 10.3 Å². The lowest BCUT2D eigenvalue weighted by molar-refractivity contribution is 0.0937. The van der Waals surface area contributed by atoms with E-state index in [9.17, 15) is 9.18 Å². The Kier molecular flexibility index (Phi) is 6.23. The van der Waals surface area contributed by atoms with Gasteiger partial charge in [0.25, 0.3) is 5.91 Å². The van der Waals surface area contributed by atoms with Gasteiger partial charge in [0.15, 0.2) is 5.69 Å². The minimum Gasteiger partial charge on any atom is -0.349 e. The molecule has 0 radical (unpaired) electrons. The molecule has 1 aliphatic heterocycles. The van der Waals surface area contributed by atoms with E-state index in [4.69, 9.17) is 11.6 Å². The zero-order chi connectivity index (χ0) is 19.4. The molecule has 3 rings (SSSR count). The van der Waals surface area contributed by atoms with Crippen molar-refractivity contribution < 1.29 is 9.18 Å². The molecule has 8 heteroatoms. The van der Waals surface area contributed by atoms with Crippen molar-refractivity contribution in [1.29, 1.82) is 0 Å². The quantitative estimate of drug-likeness (QED) is 0.820. The number of nitrogens with one attached hydrogen (secondary N) is 1. The van der Waals surface area contributed by atoms with Crippen LogP contribution in [0.15, 0.2) is 30.5 Å². The maximum Gasteiger partial charge on any atom is 0.271 e. The molecule has 2 aromatic rings. The van der Waals surface area contributed by atoms with Gasteiger partial charge in [-0.2, -0.15) is 0 Å². The topological polar surface area (TPSA) is 61.4 Å². The maximum atomic E-state index is 13.6. The van der Waals surface area contributed by atoms with Gasteiger partial charge in [-0.25, -0.2) is 14.4 Å². The second-order valence-corrected chi connectivity index (χ2v) is 7.21. The lowest BCUT2D eigenvalue weighted by Gasteiger charge is -2.25. The number of rotatable bonds is 6. The molecule has 1 amide bonds. The molecule has 0 aliphatic carbocycles. The highest BCUT2D eigenvalue weighted by atomic mass is 35.5. The fourth-order valence-electron chi connectivity index (χ4n) is 3.17. The van der Waals surface area contributed by atoms with Crippen LogP contribution in [-0.2, 0) is 0 Å². The van der Waals surface area contributed by atoms with Gasteiger partial charge >= 0.3 is 0 Å². The smallest absolute Gasteiger partial charge is 0.271 e. The molecule has 1 saturated heterocycles. The molecule has 1 atom stereocenters. The van der Waals surface area contributed by atoms with E-state index in [2.05, 4.69) is 15.3 Å². The van der Waals surface area contributed by atoms with E-state index in [-0.39, 0.29) is 28.5 Å². The highest BCUT2D eigenvalue weighted by molar-refractivity contribution is 6.33. The van der Waals surface area contributed by atoms with E-state index < -0.39 is 0 Å². The number of aromatic nitrogens is 2. The Bertz CT molecular complexity index is 810. The number of hydrogen-bond donors (Lipinski definition) is 1. The van der Waals surface area contributed by atoms with Crippen LogP contribution in [0.25, 0.3) is 0 Å². The number of nitrogens with zero attached hydrogens (tertiary/aromatic N) is 4. The third-order valence-corrected chi connectivity index (χ3v) is 4.92. The molecule has 0 saturated carbocycles. The molecule has 1 aliphatic rings. The van der Waals surface area contributed by atoms with E-state index in [1.807, 2.05) is 30.0 Å². The van der Waals surface area contributed by atoms with Crippen LogP contribution in [0, 0.1) is 5.82 Å². The monoisotopic (exact) mass is 391 g/mol. The van der Waals surface area contributed by atoms with Gasteiger partial charge in [0.05, 0.1) is 17.3 Å². The van der Waals surface area contributed by atoms with Crippen molar-refractivity contribution in [3.05, 3.63) is 52.6 Å². The summed E-state index contributed by atoms with van der Waals surface area (Å²) in [7, 11) is 3.76. The first kappa shape index (κ1) is 19.5. The third-order valence-electron chi connectivity index (χ3n) is 4.65. The van der Waals surface area contributed by atoms with E-state index in [1.165, 1.54) is 18.3 Å². The fraction of sp³-hybridized carbons (Fsp3) is 0.421. The van der Waals surface area contributed by atoms with Gasteiger partial charge < -0.3 is 15.1 Å². The fourth-order valence-corrected chi connectivity index (χ4v) is 3.35. The largest absolute Gasteiger partial charge is 0.349 e. The van der Waals surface area contributed by atoms with Crippen LogP contribution in [-0.4, -0.2) is 54.5 Å². The number of anilines is 1. The van der Waals surface area contributed by atoms with E-state index in [0.29, 0.717) is 12.5 Å². The van der Waals surface area contributed by atoms with Gasteiger partial charge in [-0.15, -0.1) is 0 Å². The maximum absolute atomic E-state index is 13.6. The first-order valence-corrected chi connectivity index (χ1v) is 9.31. The Hall–Kier alpha value is -2.25. The predicted octanol–water partition coefficient (Wildman–Crippen LogP) is 2.90. The summed E-state index contributed by atoms with van der Waals surface area (Å²) in [5, 5.41) is 3.07. The minimum atomic E-state index is -0.369. The van der Waals surface area contributed by atoms with Gasteiger partial charge in [0.2, 0.25) is 5.95 Å². The highest BCUT2D eigenvalue weighted by Gasteiger charge is 2.21. The van der Waals surface area contributed by atoms with E-state index in [0.717, 1.165) is 31.5 Å². The molecule has 27 heavy (non-hydrogen) atoms. The molecule has 2 heterocycles. The van der Waals surface area contributed by atoms with Crippen LogP contribution in [0.1, 0.15) is 34.9 Å². The summed E-state index contributed by atoms with van der Waals surface area (Å²) in [6.45, 7) is 2.06. The number of likely N-dealkylation sites (N-methyl/N-ethyl adjacent to an activating group) is 1. The molecule has 1 aromatic carbocycles. The number of hydrogen-bond acceptors (Lipinski definition) is 5. The van der Waals surface area contributed by atoms with Crippen LogP contribution < -0.4 is 10.2 Å². The number of amides is 1. The SMILES string of the molecule is CN(C)[C@@H](CNC(=O)c1nc(N2CCCC2)ncc1Cl)c1cccc(F)c1. The molecule has 1 N–H and O–H groups in total. The summed E-state index contributed by atoms with van der Waals surface area (Å²) in [6.07, 6.45) is 3.64. The predicted molar refractivity (Wildman–Crippen MR) is 104 cm³/mol. The molecular formula is C19H23ClFN5O. The highest BCUT2D eigenvalue weighted by Crippen LogP contribution is 2.21. The van der Waals surface area contributed by atoms with Crippen LogP contribution in [0.2, 0.25) is 5.02 Å². The van der Waals surface area contributed by atoms with Crippen molar-refractivity contribution in [3.8, 4) is 0 Å². The van der Waals surface area contributed by atoms with Crippen LogP contribution >= 0.6 is 11.6 Å².